The predicted octanol–water partition coefficient (Wildman–Crippen LogP) is 3.37. The van der Waals surface area contributed by atoms with Crippen LogP contribution in [0, 0.1) is 5.92 Å². The maximum atomic E-state index is 12.9. The smallest absolute Gasteiger partial charge is 0.289 e. The van der Waals surface area contributed by atoms with Gasteiger partial charge in [-0.15, -0.1) is 0 Å². The van der Waals surface area contributed by atoms with Gasteiger partial charge in [-0.2, -0.15) is 0 Å². The van der Waals surface area contributed by atoms with Crippen LogP contribution in [0.4, 0.5) is 11.4 Å². The fourth-order valence-electron chi connectivity index (χ4n) is 3.98. The van der Waals surface area contributed by atoms with Crippen LogP contribution in [0.5, 0.6) is 0 Å². The van der Waals surface area contributed by atoms with Crippen LogP contribution in [0.15, 0.2) is 47.1 Å². The molecule has 2 saturated heterocycles. The molecule has 27 heavy (non-hydrogen) atoms. The third-order valence-corrected chi connectivity index (χ3v) is 5.42. The number of nitrogens with one attached hydrogen (secondary N) is 1. The topological polar surface area (TPSA) is 65.8 Å². The third kappa shape index (κ3) is 3.84. The van der Waals surface area contributed by atoms with Crippen LogP contribution < -0.4 is 10.2 Å². The van der Waals surface area contributed by atoms with E-state index >= 15 is 0 Å². The van der Waals surface area contributed by atoms with Gasteiger partial charge < -0.3 is 19.5 Å². The van der Waals surface area contributed by atoms with Crippen LogP contribution >= 0.6 is 0 Å². The molecule has 4 rings (SSSR count). The van der Waals surface area contributed by atoms with Crippen molar-refractivity contribution in [3.05, 3.63) is 48.4 Å². The molecule has 6 heteroatoms. The van der Waals surface area contributed by atoms with E-state index in [9.17, 15) is 9.59 Å². The van der Waals surface area contributed by atoms with Crippen molar-refractivity contribution in [3.63, 3.8) is 0 Å². The van der Waals surface area contributed by atoms with Crippen LogP contribution in [0.1, 0.15) is 36.2 Å². The molecule has 0 aliphatic carbocycles. The standard InChI is InChI=1S/C21H25N3O3/c25-20(22-17-8-1-2-9-18(17)23-11-3-4-12-23)16-7-5-13-24(15-16)21(26)19-10-6-14-27-19/h1-2,6,8-10,14,16H,3-5,7,11-13,15H2,(H,22,25)/t16-/m1/s1. The van der Waals surface area contributed by atoms with Crippen molar-refractivity contribution in [1.82, 2.24) is 4.90 Å². The second kappa shape index (κ2) is 7.86. The highest BCUT2D eigenvalue weighted by Crippen LogP contribution is 2.30. The molecule has 0 saturated carbocycles. The first-order valence-corrected chi connectivity index (χ1v) is 9.70. The second-order valence-corrected chi connectivity index (χ2v) is 7.27. The van der Waals surface area contributed by atoms with Crippen molar-refractivity contribution >= 4 is 23.2 Å². The third-order valence-electron chi connectivity index (χ3n) is 5.42. The zero-order chi connectivity index (χ0) is 18.6. The van der Waals surface area contributed by atoms with Gasteiger partial charge in [-0.25, -0.2) is 0 Å². The quantitative estimate of drug-likeness (QED) is 0.900. The minimum atomic E-state index is -0.204. The van der Waals surface area contributed by atoms with Crippen LogP contribution in [0.2, 0.25) is 0 Å². The fourth-order valence-corrected chi connectivity index (χ4v) is 3.98. The number of para-hydroxylation sites is 2. The number of hydrogen-bond donors (Lipinski definition) is 1. The molecule has 0 radical (unpaired) electrons. The van der Waals surface area contributed by atoms with E-state index < -0.39 is 0 Å². The summed E-state index contributed by atoms with van der Waals surface area (Å²) >= 11 is 0. The van der Waals surface area contributed by atoms with E-state index in [0.29, 0.717) is 18.8 Å². The average molecular weight is 367 g/mol. The number of rotatable bonds is 4. The van der Waals surface area contributed by atoms with Crippen molar-refractivity contribution in [3.8, 4) is 0 Å². The van der Waals surface area contributed by atoms with Crippen molar-refractivity contribution in [2.45, 2.75) is 25.7 Å². The van der Waals surface area contributed by atoms with Gasteiger partial charge in [0.2, 0.25) is 5.91 Å². The van der Waals surface area contributed by atoms with Crippen LogP contribution in [0.25, 0.3) is 0 Å². The van der Waals surface area contributed by atoms with Crippen LogP contribution in [0.3, 0.4) is 0 Å². The van der Waals surface area contributed by atoms with Crippen molar-refractivity contribution < 1.29 is 14.0 Å². The molecule has 2 aromatic rings. The lowest BCUT2D eigenvalue weighted by Gasteiger charge is -2.32. The number of likely N-dealkylation sites (tertiary alicyclic amines) is 1. The van der Waals surface area contributed by atoms with Crippen molar-refractivity contribution in [2.75, 3.05) is 36.4 Å². The number of benzene rings is 1. The molecule has 1 N–H and O–H groups in total. The molecule has 142 valence electrons. The SMILES string of the molecule is O=C(Nc1ccccc1N1CCCC1)[C@@H]1CCCN(C(=O)c2ccco2)C1. The van der Waals surface area contributed by atoms with Crippen LogP contribution in [-0.4, -0.2) is 42.9 Å². The number of furan rings is 1. The Morgan fingerprint density at radius 2 is 1.81 bits per heavy atom. The van der Waals surface area contributed by atoms with Crippen LogP contribution in [-0.2, 0) is 4.79 Å². The largest absolute Gasteiger partial charge is 0.459 e. The van der Waals surface area contributed by atoms with Gasteiger partial charge in [0.1, 0.15) is 0 Å². The molecule has 2 amide bonds. The molecule has 2 aliphatic rings. The molecule has 3 heterocycles. The highest BCUT2D eigenvalue weighted by Gasteiger charge is 2.30. The number of carbonyl (C=O) groups is 2. The predicted molar refractivity (Wildman–Crippen MR) is 104 cm³/mol. The summed E-state index contributed by atoms with van der Waals surface area (Å²) in [7, 11) is 0. The monoisotopic (exact) mass is 367 g/mol. The summed E-state index contributed by atoms with van der Waals surface area (Å²) in [4.78, 5) is 29.5. The summed E-state index contributed by atoms with van der Waals surface area (Å²) in [6.45, 7) is 3.15. The maximum Gasteiger partial charge on any atom is 0.289 e. The zero-order valence-electron chi connectivity index (χ0n) is 15.4. The molecule has 0 bridgehead atoms. The van der Waals surface area contributed by atoms with E-state index in [2.05, 4.69) is 16.3 Å². The first kappa shape index (κ1) is 17.6. The zero-order valence-corrected chi connectivity index (χ0v) is 15.4. The lowest BCUT2D eigenvalue weighted by molar-refractivity contribution is -0.121. The molecule has 0 unspecified atom stereocenters. The molecular formula is C21H25N3O3. The van der Waals surface area contributed by atoms with Gasteiger partial charge >= 0.3 is 0 Å². The molecule has 2 fully saturated rings. The van der Waals surface area contributed by atoms with E-state index in [-0.39, 0.29) is 17.7 Å². The molecule has 2 aliphatic heterocycles. The highest BCUT2D eigenvalue weighted by molar-refractivity contribution is 5.97. The van der Waals surface area contributed by atoms with Gasteiger partial charge in [0, 0.05) is 26.2 Å². The summed E-state index contributed by atoms with van der Waals surface area (Å²) in [5.41, 5.74) is 1.95. The Hall–Kier alpha value is -2.76. The number of piperidine rings is 1. The van der Waals surface area contributed by atoms with E-state index in [1.54, 1.807) is 17.0 Å². The summed E-state index contributed by atoms with van der Waals surface area (Å²) in [5, 5.41) is 3.11. The summed E-state index contributed by atoms with van der Waals surface area (Å²) in [6.07, 6.45) is 5.48. The normalized spacial score (nSPS) is 19.9. The first-order chi connectivity index (χ1) is 13.2. The van der Waals surface area contributed by atoms with E-state index in [1.807, 2.05) is 18.2 Å². The summed E-state index contributed by atoms with van der Waals surface area (Å²) in [6, 6.07) is 11.3. The number of carbonyl (C=O) groups excluding carboxylic acids is 2. The number of nitrogens with zero attached hydrogens (tertiary/aromatic N) is 2. The van der Waals surface area contributed by atoms with Gasteiger partial charge in [-0.05, 0) is 49.9 Å². The van der Waals surface area contributed by atoms with Gasteiger partial charge in [-0.1, -0.05) is 12.1 Å². The lowest BCUT2D eigenvalue weighted by Crippen LogP contribution is -2.43. The minimum Gasteiger partial charge on any atom is -0.459 e. The van der Waals surface area contributed by atoms with E-state index in [1.165, 1.54) is 19.1 Å². The fraction of sp³-hybridized carbons (Fsp3) is 0.429. The molecule has 1 atom stereocenters. The average Bonchev–Trinajstić information content (AvgIpc) is 3.42. The molecule has 6 nitrogen and oxygen atoms in total. The molecule has 1 aromatic heterocycles. The molecule has 1 aromatic carbocycles. The Balaban J connectivity index is 1.43. The van der Waals surface area contributed by atoms with Crippen molar-refractivity contribution in [2.24, 2.45) is 5.92 Å². The Bertz CT molecular complexity index is 797. The Kier molecular flexibility index (Phi) is 5.14. The molecular weight excluding hydrogens is 342 g/mol. The number of hydrogen-bond acceptors (Lipinski definition) is 4. The number of anilines is 2. The Morgan fingerprint density at radius 1 is 1.00 bits per heavy atom. The molecule has 0 spiro atoms. The Morgan fingerprint density at radius 3 is 2.59 bits per heavy atom. The first-order valence-electron chi connectivity index (χ1n) is 9.70. The highest BCUT2D eigenvalue weighted by atomic mass is 16.3. The maximum absolute atomic E-state index is 12.9. The Labute approximate surface area is 159 Å². The summed E-state index contributed by atoms with van der Waals surface area (Å²) < 4.78 is 5.22. The summed E-state index contributed by atoms with van der Waals surface area (Å²) in [5.74, 6) is -0.0340. The van der Waals surface area contributed by atoms with Gasteiger partial charge in [0.05, 0.1) is 23.6 Å². The second-order valence-electron chi connectivity index (χ2n) is 7.27. The van der Waals surface area contributed by atoms with Gasteiger partial charge in [-0.3, -0.25) is 9.59 Å². The number of amides is 2. The minimum absolute atomic E-state index is 0.0152. The van der Waals surface area contributed by atoms with E-state index in [0.717, 1.165) is 37.3 Å². The van der Waals surface area contributed by atoms with Gasteiger partial charge in [0.15, 0.2) is 5.76 Å². The van der Waals surface area contributed by atoms with Crippen molar-refractivity contribution in [1.29, 1.82) is 0 Å². The lowest BCUT2D eigenvalue weighted by atomic mass is 9.96. The van der Waals surface area contributed by atoms with E-state index in [4.69, 9.17) is 4.42 Å². The van der Waals surface area contributed by atoms with Gasteiger partial charge in [0.25, 0.3) is 5.91 Å².